The Kier molecular flexibility index (Phi) is 5.15. The largest absolute Gasteiger partial charge is 0.353 e. The van der Waals surface area contributed by atoms with E-state index in [-0.39, 0.29) is 5.91 Å². The van der Waals surface area contributed by atoms with Crippen molar-refractivity contribution in [3.05, 3.63) is 58.4 Å². The summed E-state index contributed by atoms with van der Waals surface area (Å²) in [5.74, 6) is -0.0763. The fourth-order valence-corrected chi connectivity index (χ4v) is 2.36. The molecule has 4 nitrogen and oxygen atoms in total. The fraction of sp³-hybridized carbons (Fsp3) is 0.333. The molecule has 1 N–H and O–H groups in total. The van der Waals surface area contributed by atoms with Gasteiger partial charge in [-0.1, -0.05) is 29.8 Å². The standard InChI is InChI=1S/C18H23N3O/c1-5-19-18(22)11-10-17-14(3)20-21(15(17)4)12-16-8-6-13(2)7-9-16/h6-11H,5,12H2,1-4H3,(H,19,22)/b11-10+. The number of hydrogen-bond donors (Lipinski definition) is 1. The lowest BCUT2D eigenvalue weighted by atomic mass is 10.1. The molecule has 0 saturated carbocycles. The van der Waals surface area contributed by atoms with Crippen LogP contribution in [0.3, 0.4) is 0 Å². The van der Waals surface area contributed by atoms with Crippen molar-refractivity contribution in [2.75, 3.05) is 6.54 Å². The summed E-state index contributed by atoms with van der Waals surface area (Å²) >= 11 is 0. The first-order valence-corrected chi connectivity index (χ1v) is 7.56. The van der Waals surface area contributed by atoms with Crippen LogP contribution in [0.4, 0.5) is 0 Å². The van der Waals surface area contributed by atoms with E-state index < -0.39 is 0 Å². The average molecular weight is 297 g/mol. The molecule has 0 spiro atoms. The minimum atomic E-state index is -0.0763. The van der Waals surface area contributed by atoms with E-state index in [1.54, 1.807) is 6.08 Å². The second-order valence-electron chi connectivity index (χ2n) is 5.46. The number of aromatic nitrogens is 2. The van der Waals surface area contributed by atoms with Gasteiger partial charge in [-0.2, -0.15) is 5.10 Å². The van der Waals surface area contributed by atoms with E-state index >= 15 is 0 Å². The summed E-state index contributed by atoms with van der Waals surface area (Å²) in [5, 5.41) is 7.34. The molecule has 2 rings (SSSR count). The van der Waals surface area contributed by atoms with Crippen LogP contribution in [0.5, 0.6) is 0 Å². The van der Waals surface area contributed by atoms with Crippen molar-refractivity contribution in [3.63, 3.8) is 0 Å². The minimum Gasteiger partial charge on any atom is -0.353 e. The van der Waals surface area contributed by atoms with Crippen LogP contribution in [0, 0.1) is 20.8 Å². The highest BCUT2D eigenvalue weighted by Crippen LogP contribution is 2.16. The molecule has 1 aromatic carbocycles. The summed E-state index contributed by atoms with van der Waals surface area (Å²) in [7, 11) is 0. The van der Waals surface area contributed by atoms with Crippen molar-refractivity contribution < 1.29 is 4.79 Å². The van der Waals surface area contributed by atoms with Crippen molar-refractivity contribution in [2.24, 2.45) is 0 Å². The number of amides is 1. The Bertz CT molecular complexity index is 681. The summed E-state index contributed by atoms with van der Waals surface area (Å²) in [6.07, 6.45) is 3.41. The zero-order valence-corrected chi connectivity index (χ0v) is 13.7. The Morgan fingerprint density at radius 3 is 2.55 bits per heavy atom. The Morgan fingerprint density at radius 2 is 1.91 bits per heavy atom. The van der Waals surface area contributed by atoms with Gasteiger partial charge < -0.3 is 5.32 Å². The second-order valence-corrected chi connectivity index (χ2v) is 5.46. The van der Waals surface area contributed by atoms with Gasteiger partial charge in [0.15, 0.2) is 0 Å². The van der Waals surface area contributed by atoms with Crippen LogP contribution in [0.25, 0.3) is 6.08 Å². The summed E-state index contributed by atoms with van der Waals surface area (Å²) < 4.78 is 1.98. The Morgan fingerprint density at radius 1 is 1.23 bits per heavy atom. The molecule has 1 heterocycles. The molecule has 0 aliphatic rings. The van der Waals surface area contributed by atoms with Crippen LogP contribution in [0.2, 0.25) is 0 Å². The molecule has 0 aliphatic heterocycles. The molecule has 116 valence electrons. The maximum atomic E-state index is 11.5. The van der Waals surface area contributed by atoms with E-state index in [2.05, 4.69) is 41.6 Å². The number of aryl methyl sites for hydroxylation is 2. The number of rotatable bonds is 5. The Labute approximate surface area is 131 Å². The lowest BCUT2D eigenvalue weighted by Gasteiger charge is -2.05. The number of likely N-dealkylation sites (N-methyl/N-ethyl adjacent to an activating group) is 1. The van der Waals surface area contributed by atoms with Crippen LogP contribution in [-0.4, -0.2) is 22.2 Å². The van der Waals surface area contributed by atoms with Gasteiger partial charge >= 0.3 is 0 Å². The number of carbonyl (C=O) groups is 1. The van der Waals surface area contributed by atoms with Gasteiger partial charge in [0.2, 0.25) is 5.91 Å². The molecule has 1 aromatic heterocycles. The highest BCUT2D eigenvalue weighted by Gasteiger charge is 2.09. The van der Waals surface area contributed by atoms with Gasteiger partial charge in [0.25, 0.3) is 0 Å². The number of nitrogens with one attached hydrogen (secondary N) is 1. The zero-order valence-electron chi connectivity index (χ0n) is 13.7. The molecule has 0 atom stereocenters. The van der Waals surface area contributed by atoms with Crippen LogP contribution in [0.15, 0.2) is 30.3 Å². The average Bonchev–Trinajstić information content (AvgIpc) is 2.74. The van der Waals surface area contributed by atoms with Gasteiger partial charge in [-0.15, -0.1) is 0 Å². The van der Waals surface area contributed by atoms with E-state index in [1.807, 2.05) is 31.5 Å². The third kappa shape index (κ3) is 3.85. The fourth-order valence-electron chi connectivity index (χ4n) is 2.36. The van der Waals surface area contributed by atoms with Gasteiger partial charge in [0, 0.05) is 23.9 Å². The van der Waals surface area contributed by atoms with Crippen LogP contribution < -0.4 is 5.32 Å². The van der Waals surface area contributed by atoms with Gasteiger partial charge in [-0.25, -0.2) is 0 Å². The molecule has 0 fully saturated rings. The predicted octanol–water partition coefficient (Wildman–Crippen LogP) is 3.01. The van der Waals surface area contributed by atoms with Crippen molar-refractivity contribution in [1.82, 2.24) is 15.1 Å². The third-order valence-corrected chi connectivity index (χ3v) is 3.64. The van der Waals surface area contributed by atoms with Crippen molar-refractivity contribution >= 4 is 12.0 Å². The molecule has 2 aromatic rings. The molecular formula is C18H23N3O. The topological polar surface area (TPSA) is 46.9 Å². The third-order valence-electron chi connectivity index (χ3n) is 3.64. The van der Waals surface area contributed by atoms with Gasteiger partial charge in [0.05, 0.1) is 12.2 Å². The number of carbonyl (C=O) groups excluding carboxylic acids is 1. The molecule has 0 saturated heterocycles. The summed E-state index contributed by atoms with van der Waals surface area (Å²) in [4.78, 5) is 11.5. The van der Waals surface area contributed by atoms with E-state index in [0.717, 1.165) is 23.5 Å². The van der Waals surface area contributed by atoms with E-state index in [0.29, 0.717) is 6.54 Å². The molecule has 0 bridgehead atoms. The molecule has 1 amide bonds. The molecule has 22 heavy (non-hydrogen) atoms. The lowest BCUT2D eigenvalue weighted by Crippen LogP contribution is -2.19. The SMILES string of the molecule is CCNC(=O)/C=C/c1c(C)nn(Cc2ccc(C)cc2)c1C. The second kappa shape index (κ2) is 7.07. The van der Waals surface area contributed by atoms with E-state index in [1.165, 1.54) is 11.1 Å². The highest BCUT2D eigenvalue weighted by molar-refractivity contribution is 5.91. The molecule has 0 radical (unpaired) electrons. The predicted molar refractivity (Wildman–Crippen MR) is 89.7 cm³/mol. The van der Waals surface area contributed by atoms with Crippen molar-refractivity contribution in [1.29, 1.82) is 0 Å². The first-order valence-electron chi connectivity index (χ1n) is 7.56. The van der Waals surface area contributed by atoms with E-state index in [9.17, 15) is 4.79 Å². The van der Waals surface area contributed by atoms with Crippen LogP contribution in [0.1, 0.15) is 35.0 Å². The smallest absolute Gasteiger partial charge is 0.243 e. The maximum absolute atomic E-state index is 11.5. The molecular weight excluding hydrogens is 274 g/mol. The number of benzene rings is 1. The summed E-state index contributed by atoms with van der Waals surface area (Å²) in [6, 6.07) is 8.46. The van der Waals surface area contributed by atoms with Gasteiger partial charge in [-0.05, 0) is 39.3 Å². The monoisotopic (exact) mass is 297 g/mol. The van der Waals surface area contributed by atoms with Crippen LogP contribution >= 0.6 is 0 Å². The van der Waals surface area contributed by atoms with Gasteiger partial charge in [-0.3, -0.25) is 9.48 Å². The van der Waals surface area contributed by atoms with Crippen molar-refractivity contribution in [3.8, 4) is 0 Å². The zero-order chi connectivity index (χ0) is 16.1. The van der Waals surface area contributed by atoms with Gasteiger partial charge in [0.1, 0.15) is 0 Å². The number of nitrogens with zero attached hydrogens (tertiary/aromatic N) is 2. The molecule has 4 heteroatoms. The van der Waals surface area contributed by atoms with Crippen molar-refractivity contribution in [2.45, 2.75) is 34.2 Å². The maximum Gasteiger partial charge on any atom is 0.243 e. The molecule has 0 unspecified atom stereocenters. The quantitative estimate of drug-likeness (QED) is 0.862. The minimum absolute atomic E-state index is 0.0763. The summed E-state index contributed by atoms with van der Waals surface area (Å²) in [5.41, 5.74) is 5.49. The summed E-state index contributed by atoms with van der Waals surface area (Å²) in [6.45, 7) is 9.36. The molecule has 0 aliphatic carbocycles. The Balaban J connectivity index is 2.19. The van der Waals surface area contributed by atoms with E-state index in [4.69, 9.17) is 0 Å². The van der Waals surface area contributed by atoms with Crippen LogP contribution in [-0.2, 0) is 11.3 Å². The lowest BCUT2D eigenvalue weighted by molar-refractivity contribution is -0.116. The first-order chi connectivity index (χ1) is 10.5. The first kappa shape index (κ1) is 16.0. The highest BCUT2D eigenvalue weighted by atomic mass is 16.1. The number of hydrogen-bond acceptors (Lipinski definition) is 2. The normalized spacial score (nSPS) is 11.1. The Hall–Kier alpha value is -2.36.